The van der Waals surface area contributed by atoms with Crippen LogP contribution in [0.5, 0.6) is 5.75 Å². The number of methoxy groups -OCH3 is 1. The van der Waals surface area contributed by atoms with Crippen molar-refractivity contribution in [2.45, 2.75) is 39.4 Å². The minimum Gasteiger partial charge on any atom is -0.497 e. The molecule has 0 heterocycles. The third-order valence-electron chi connectivity index (χ3n) is 4.98. The van der Waals surface area contributed by atoms with E-state index in [-0.39, 0.29) is 29.2 Å². The topological polar surface area (TPSA) is 96.0 Å². The van der Waals surface area contributed by atoms with Gasteiger partial charge >= 0.3 is 0 Å². The Morgan fingerprint density at radius 2 is 1.74 bits per heavy atom. The third-order valence-corrected chi connectivity index (χ3v) is 6.41. The molecule has 0 spiro atoms. The van der Waals surface area contributed by atoms with Gasteiger partial charge in [-0.05, 0) is 56.7 Å². The minimum absolute atomic E-state index is 0.0333. The highest BCUT2D eigenvalue weighted by Gasteiger charge is 2.30. The number of rotatable bonds is 10. The summed E-state index contributed by atoms with van der Waals surface area (Å²) in [5.74, 6) is -1.09. The predicted octanol–water partition coefficient (Wildman–Crippen LogP) is 3.20. The maximum absolute atomic E-state index is 13.6. The summed E-state index contributed by atoms with van der Waals surface area (Å²) in [6.07, 6.45) is 0.931. The first-order chi connectivity index (χ1) is 15.8. The molecule has 0 aliphatic heterocycles. The van der Waals surface area contributed by atoms with Gasteiger partial charge in [-0.15, -0.1) is 0 Å². The summed E-state index contributed by atoms with van der Waals surface area (Å²) in [6, 6.07) is 9.28. The van der Waals surface area contributed by atoms with Crippen LogP contribution in [0.15, 0.2) is 42.5 Å². The molecule has 34 heavy (non-hydrogen) atoms. The van der Waals surface area contributed by atoms with E-state index in [1.165, 1.54) is 18.1 Å². The second-order valence-corrected chi connectivity index (χ2v) is 10.4. The van der Waals surface area contributed by atoms with Crippen LogP contribution in [0, 0.1) is 5.82 Å². The number of benzene rings is 2. The summed E-state index contributed by atoms with van der Waals surface area (Å²) in [7, 11) is -2.40. The normalized spacial score (nSPS) is 12.2. The Morgan fingerprint density at radius 1 is 1.12 bits per heavy atom. The maximum Gasteiger partial charge on any atom is 0.244 e. The largest absolute Gasteiger partial charge is 0.497 e. The summed E-state index contributed by atoms with van der Waals surface area (Å²) in [5.41, 5.74) is 0.750. The molecule has 0 aromatic heterocycles. The van der Waals surface area contributed by atoms with E-state index in [1.807, 2.05) is 0 Å². The summed E-state index contributed by atoms with van der Waals surface area (Å²) >= 11 is 5.82. The number of carbonyl (C=O) groups excluding carboxylic acids is 2. The highest BCUT2D eigenvalue weighted by molar-refractivity contribution is 7.92. The van der Waals surface area contributed by atoms with Crippen molar-refractivity contribution in [1.29, 1.82) is 0 Å². The first kappa shape index (κ1) is 27.4. The molecule has 11 heteroatoms. The van der Waals surface area contributed by atoms with Crippen molar-refractivity contribution in [3.63, 3.8) is 0 Å². The lowest BCUT2D eigenvalue weighted by Gasteiger charge is -2.32. The van der Waals surface area contributed by atoms with Gasteiger partial charge in [0.1, 0.15) is 24.2 Å². The van der Waals surface area contributed by atoms with Gasteiger partial charge in [-0.2, -0.15) is 0 Å². The fourth-order valence-corrected chi connectivity index (χ4v) is 4.19. The Kier molecular flexibility index (Phi) is 9.29. The van der Waals surface area contributed by atoms with Gasteiger partial charge in [0, 0.05) is 12.6 Å². The summed E-state index contributed by atoms with van der Waals surface area (Å²) in [6.45, 7) is 4.61. The van der Waals surface area contributed by atoms with E-state index >= 15 is 0 Å². The van der Waals surface area contributed by atoms with E-state index in [0.29, 0.717) is 11.3 Å². The Hall–Kier alpha value is -2.85. The first-order valence-corrected chi connectivity index (χ1v) is 12.7. The van der Waals surface area contributed by atoms with Gasteiger partial charge in [0.15, 0.2) is 0 Å². The Bertz CT molecular complexity index is 1130. The standard InChI is InChI=1S/C23H29ClFN3O5S/c1-15(2)26-23(30)16(3)27(13-17-6-9-19(33-4)10-7-17)22(29)14-28(34(5,31)32)18-8-11-21(25)20(24)12-18/h6-12,15-16H,13-14H2,1-5H3,(H,26,30)/t16-/m1/s1. The van der Waals surface area contributed by atoms with Gasteiger partial charge in [-0.3, -0.25) is 13.9 Å². The van der Waals surface area contributed by atoms with Crippen LogP contribution < -0.4 is 14.4 Å². The molecule has 0 radical (unpaired) electrons. The molecule has 1 atom stereocenters. The van der Waals surface area contributed by atoms with Crippen molar-refractivity contribution in [1.82, 2.24) is 10.2 Å². The zero-order valence-electron chi connectivity index (χ0n) is 19.7. The van der Waals surface area contributed by atoms with Crippen molar-refractivity contribution in [3.8, 4) is 5.75 Å². The van der Waals surface area contributed by atoms with E-state index in [4.69, 9.17) is 16.3 Å². The lowest BCUT2D eigenvalue weighted by Crippen LogP contribution is -2.52. The fraction of sp³-hybridized carbons (Fsp3) is 0.391. The average Bonchev–Trinajstić information content (AvgIpc) is 2.76. The number of anilines is 1. The van der Waals surface area contributed by atoms with Crippen LogP contribution in [0.3, 0.4) is 0 Å². The highest BCUT2D eigenvalue weighted by atomic mass is 35.5. The smallest absolute Gasteiger partial charge is 0.244 e. The van der Waals surface area contributed by atoms with Crippen molar-refractivity contribution >= 4 is 39.1 Å². The lowest BCUT2D eigenvalue weighted by atomic mass is 10.1. The number of sulfonamides is 1. The molecule has 0 unspecified atom stereocenters. The SMILES string of the molecule is COc1ccc(CN(C(=O)CN(c2ccc(F)c(Cl)c2)S(C)(=O)=O)[C@H](C)C(=O)NC(C)C)cc1. The number of carbonyl (C=O) groups is 2. The van der Waals surface area contributed by atoms with Gasteiger partial charge in [-0.1, -0.05) is 23.7 Å². The van der Waals surface area contributed by atoms with Gasteiger partial charge in [0.05, 0.1) is 24.1 Å². The highest BCUT2D eigenvalue weighted by Crippen LogP contribution is 2.25. The molecule has 0 aliphatic carbocycles. The molecule has 186 valence electrons. The second kappa shape index (κ2) is 11.5. The van der Waals surface area contributed by atoms with Crippen LogP contribution in [0.2, 0.25) is 5.02 Å². The zero-order chi connectivity index (χ0) is 25.6. The molecule has 0 aliphatic rings. The minimum atomic E-state index is -3.94. The van der Waals surface area contributed by atoms with Crippen molar-refractivity contribution in [2.75, 3.05) is 24.2 Å². The maximum atomic E-state index is 13.6. The van der Waals surface area contributed by atoms with Crippen LogP contribution in [0.1, 0.15) is 26.3 Å². The molecule has 8 nitrogen and oxygen atoms in total. The quantitative estimate of drug-likeness (QED) is 0.526. The zero-order valence-corrected chi connectivity index (χ0v) is 21.3. The number of nitrogens with zero attached hydrogens (tertiary/aromatic N) is 2. The Morgan fingerprint density at radius 3 is 2.24 bits per heavy atom. The molecule has 2 aromatic rings. The number of hydrogen-bond donors (Lipinski definition) is 1. The van der Waals surface area contributed by atoms with Crippen molar-refractivity contribution in [2.24, 2.45) is 0 Å². The molecular weight excluding hydrogens is 485 g/mol. The molecule has 2 amide bonds. The molecular formula is C23H29ClFN3O5S. The fourth-order valence-electron chi connectivity index (χ4n) is 3.17. The molecule has 2 aromatic carbocycles. The van der Waals surface area contributed by atoms with E-state index in [9.17, 15) is 22.4 Å². The van der Waals surface area contributed by atoms with Crippen LogP contribution in [0.25, 0.3) is 0 Å². The Balaban J connectivity index is 2.40. The number of hydrogen-bond acceptors (Lipinski definition) is 5. The number of ether oxygens (including phenoxy) is 1. The molecule has 0 saturated carbocycles. The monoisotopic (exact) mass is 513 g/mol. The molecule has 0 fully saturated rings. The lowest BCUT2D eigenvalue weighted by molar-refractivity contribution is -0.139. The van der Waals surface area contributed by atoms with E-state index < -0.39 is 34.3 Å². The van der Waals surface area contributed by atoms with Crippen molar-refractivity contribution < 1.29 is 27.1 Å². The molecule has 2 rings (SSSR count). The first-order valence-electron chi connectivity index (χ1n) is 10.5. The second-order valence-electron chi connectivity index (χ2n) is 8.08. The van der Waals surface area contributed by atoms with E-state index in [2.05, 4.69) is 5.32 Å². The Labute approximate surface area is 204 Å². The van der Waals surface area contributed by atoms with Gasteiger partial charge in [-0.25, -0.2) is 12.8 Å². The van der Waals surface area contributed by atoms with Crippen LogP contribution in [-0.4, -0.2) is 57.1 Å². The van der Waals surface area contributed by atoms with Crippen LogP contribution in [0.4, 0.5) is 10.1 Å². The van der Waals surface area contributed by atoms with Gasteiger partial charge in [0.2, 0.25) is 21.8 Å². The predicted molar refractivity (Wildman–Crippen MR) is 130 cm³/mol. The van der Waals surface area contributed by atoms with E-state index in [0.717, 1.165) is 22.7 Å². The van der Waals surface area contributed by atoms with Crippen LogP contribution in [-0.2, 0) is 26.2 Å². The van der Waals surface area contributed by atoms with Gasteiger partial charge < -0.3 is 15.0 Å². The molecule has 0 saturated heterocycles. The third kappa shape index (κ3) is 7.33. The number of amides is 2. The van der Waals surface area contributed by atoms with Crippen molar-refractivity contribution in [3.05, 3.63) is 58.9 Å². The summed E-state index contributed by atoms with van der Waals surface area (Å²) in [5, 5.41) is 2.49. The number of nitrogens with one attached hydrogen (secondary N) is 1. The summed E-state index contributed by atoms with van der Waals surface area (Å²) in [4.78, 5) is 27.4. The average molecular weight is 514 g/mol. The van der Waals surface area contributed by atoms with E-state index in [1.54, 1.807) is 45.0 Å². The van der Waals surface area contributed by atoms with Gasteiger partial charge in [0.25, 0.3) is 0 Å². The molecule has 1 N–H and O–H groups in total. The summed E-state index contributed by atoms with van der Waals surface area (Å²) < 4.78 is 44.6. The molecule has 0 bridgehead atoms. The van der Waals surface area contributed by atoms with Crippen LogP contribution >= 0.6 is 11.6 Å². The number of halogens is 2.